The van der Waals surface area contributed by atoms with E-state index in [1.165, 1.54) is 18.3 Å². The van der Waals surface area contributed by atoms with Gasteiger partial charge in [0.1, 0.15) is 11.5 Å². The van der Waals surface area contributed by atoms with Crippen molar-refractivity contribution in [3.63, 3.8) is 0 Å². The van der Waals surface area contributed by atoms with Gasteiger partial charge in [0.2, 0.25) is 5.91 Å². The number of nitrogens with zero attached hydrogens (tertiary/aromatic N) is 2. The van der Waals surface area contributed by atoms with Gasteiger partial charge in [0.05, 0.1) is 11.0 Å². The van der Waals surface area contributed by atoms with E-state index in [0.717, 1.165) is 39.1 Å². The zero-order valence-corrected chi connectivity index (χ0v) is 19.4. The third-order valence-corrected chi connectivity index (χ3v) is 6.10. The van der Waals surface area contributed by atoms with Crippen molar-refractivity contribution in [2.75, 3.05) is 10.6 Å². The van der Waals surface area contributed by atoms with Gasteiger partial charge < -0.3 is 15.6 Å². The molecule has 0 bridgehead atoms. The Morgan fingerprint density at radius 1 is 0.882 bits per heavy atom. The highest BCUT2D eigenvalue weighted by Gasteiger charge is 2.12. The summed E-state index contributed by atoms with van der Waals surface area (Å²) in [6, 6.07) is 21.9. The van der Waals surface area contributed by atoms with Gasteiger partial charge in [-0.3, -0.25) is 9.59 Å². The van der Waals surface area contributed by atoms with E-state index in [0.29, 0.717) is 10.8 Å². The van der Waals surface area contributed by atoms with Crippen LogP contribution in [0.2, 0.25) is 0 Å². The van der Waals surface area contributed by atoms with Crippen molar-refractivity contribution in [3.05, 3.63) is 83.4 Å². The van der Waals surface area contributed by atoms with Gasteiger partial charge in [0.15, 0.2) is 5.13 Å². The molecule has 0 radical (unpaired) electrons. The Labute approximate surface area is 199 Å². The minimum absolute atomic E-state index is 0.226. The van der Waals surface area contributed by atoms with Crippen LogP contribution in [0.15, 0.2) is 72.1 Å². The zero-order chi connectivity index (χ0) is 23.7. The standard InChI is InChI=1S/C26H21N5O2S/c1-15-5-3-8-21-23(15)31-24(29-21)19-7-4-6-18(13-19)17-9-11-20(12-10-17)28-25(33)22-14-34-26(30-22)27-16(2)32/h3-14H,1-2H3,(H,28,33)(H,29,31)(H,27,30,32). The highest BCUT2D eigenvalue weighted by atomic mass is 32.1. The van der Waals surface area contributed by atoms with Crippen molar-refractivity contribution < 1.29 is 9.59 Å². The Morgan fingerprint density at radius 3 is 2.41 bits per heavy atom. The first-order valence-corrected chi connectivity index (χ1v) is 11.5. The molecule has 5 aromatic rings. The lowest BCUT2D eigenvalue weighted by Crippen LogP contribution is -2.13. The fourth-order valence-corrected chi connectivity index (χ4v) is 4.42. The number of carbonyl (C=O) groups is 2. The number of anilines is 2. The number of nitrogens with one attached hydrogen (secondary N) is 3. The van der Waals surface area contributed by atoms with E-state index < -0.39 is 0 Å². The summed E-state index contributed by atoms with van der Waals surface area (Å²) >= 11 is 1.21. The topological polar surface area (TPSA) is 99.8 Å². The molecule has 2 heterocycles. The molecule has 2 aromatic heterocycles. The van der Waals surface area contributed by atoms with Crippen LogP contribution in [0.1, 0.15) is 23.0 Å². The van der Waals surface area contributed by atoms with Crippen molar-refractivity contribution >= 4 is 45.0 Å². The predicted molar refractivity (Wildman–Crippen MR) is 136 cm³/mol. The first-order valence-electron chi connectivity index (χ1n) is 10.7. The van der Waals surface area contributed by atoms with E-state index in [1.54, 1.807) is 5.38 Å². The number of hydrogen-bond acceptors (Lipinski definition) is 5. The molecular weight excluding hydrogens is 446 g/mol. The maximum Gasteiger partial charge on any atom is 0.275 e. The lowest BCUT2D eigenvalue weighted by Gasteiger charge is -2.07. The van der Waals surface area contributed by atoms with Gasteiger partial charge in [-0.15, -0.1) is 11.3 Å². The number of benzene rings is 3. The summed E-state index contributed by atoms with van der Waals surface area (Å²) in [5.74, 6) is 0.274. The van der Waals surface area contributed by atoms with Gasteiger partial charge in [-0.05, 0) is 47.9 Å². The minimum Gasteiger partial charge on any atom is -0.338 e. The maximum absolute atomic E-state index is 12.5. The van der Waals surface area contributed by atoms with E-state index in [-0.39, 0.29) is 17.5 Å². The molecule has 0 atom stereocenters. The summed E-state index contributed by atoms with van der Waals surface area (Å²) in [6.45, 7) is 3.45. The molecule has 5 rings (SSSR count). The van der Waals surface area contributed by atoms with Gasteiger partial charge in [-0.1, -0.05) is 42.5 Å². The van der Waals surface area contributed by atoms with Crippen molar-refractivity contribution in [3.8, 4) is 22.5 Å². The first kappa shape index (κ1) is 21.5. The molecule has 0 unspecified atom stereocenters. The maximum atomic E-state index is 12.5. The van der Waals surface area contributed by atoms with Crippen LogP contribution in [0.4, 0.5) is 10.8 Å². The van der Waals surface area contributed by atoms with Crippen LogP contribution in [0.5, 0.6) is 0 Å². The van der Waals surface area contributed by atoms with E-state index in [1.807, 2.05) is 54.6 Å². The average Bonchev–Trinajstić information content (AvgIpc) is 3.47. The Kier molecular flexibility index (Phi) is 5.65. The Balaban J connectivity index is 1.33. The van der Waals surface area contributed by atoms with Gasteiger partial charge in [-0.2, -0.15) is 0 Å². The molecule has 0 fully saturated rings. The number of aryl methyl sites for hydroxylation is 1. The molecule has 3 aromatic carbocycles. The molecule has 8 heteroatoms. The number of fused-ring (bicyclic) bond motifs is 1. The normalized spacial score (nSPS) is 10.9. The number of amides is 2. The van der Waals surface area contributed by atoms with Gasteiger partial charge in [-0.25, -0.2) is 9.97 Å². The Morgan fingerprint density at radius 2 is 1.65 bits per heavy atom. The smallest absolute Gasteiger partial charge is 0.275 e. The van der Waals surface area contributed by atoms with Crippen LogP contribution in [0.25, 0.3) is 33.5 Å². The van der Waals surface area contributed by atoms with Gasteiger partial charge >= 0.3 is 0 Å². The Hall–Kier alpha value is -4.30. The van der Waals surface area contributed by atoms with E-state index in [9.17, 15) is 9.59 Å². The van der Waals surface area contributed by atoms with Crippen LogP contribution in [-0.4, -0.2) is 26.8 Å². The van der Waals surface area contributed by atoms with E-state index in [2.05, 4.69) is 39.7 Å². The number of aromatic amines is 1. The van der Waals surface area contributed by atoms with Crippen LogP contribution in [0.3, 0.4) is 0 Å². The first-order chi connectivity index (χ1) is 16.5. The third kappa shape index (κ3) is 4.44. The second-order valence-corrected chi connectivity index (χ2v) is 8.75. The second kappa shape index (κ2) is 8.92. The van der Waals surface area contributed by atoms with Crippen molar-refractivity contribution in [1.29, 1.82) is 0 Å². The zero-order valence-electron chi connectivity index (χ0n) is 18.5. The van der Waals surface area contributed by atoms with Crippen molar-refractivity contribution in [2.45, 2.75) is 13.8 Å². The molecule has 2 amide bonds. The largest absolute Gasteiger partial charge is 0.338 e. The predicted octanol–water partition coefficient (Wildman–Crippen LogP) is 5.87. The highest BCUT2D eigenvalue weighted by Crippen LogP contribution is 2.28. The summed E-state index contributed by atoms with van der Waals surface area (Å²) in [5, 5.41) is 7.42. The third-order valence-electron chi connectivity index (χ3n) is 5.35. The van der Waals surface area contributed by atoms with Gasteiger partial charge in [0, 0.05) is 23.6 Å². The quantitative estimate of drug-likeness (QED) is 0.301. The average molecular weight is 468 g/mol. The summed E-state index contributed by atoms with van der Waals surface area (Å²) in [7, 11) is 0. The van der Waals surface area contributed by atoms with Crippen LogP contribution in [-0.2, 0) is 4.79 Å². The number of imidazole rings is 1. The fourth-order valence-electron chi connectivity index (χ4n) is 3.69. The molecule has 0 aliphatic heterocycles. The molecular formula is C26H21N5O2S. The molecule has 3 N–H and O–H groups in total. The molecule has 7 nitrogen and oxygen atoms in total. The number of carbonyl (C=O) groups excluding carboxylic acids is 2. The molecule has 0 spiro atoms. The fraction of sp³-hybridized carbons (Fsp3) is 0.0769. The van der Waals surface area contributed by atoms with Crippen molar-refractivity contribution in [2.24, 2.45) is 0 Å². The lowest BCUT2D eigenvalue weighted by atomic mass is 10.0. The second-order valence-electron chi connectivity index (χ2n) is 7.89. The van der Waals surface area contributed by atoms with Crippen LogP contribution in [0, 0.1) is 6.92 Å². The molecule has 168 valence electrons. The number of para-hydroxylation sites is 1. The summed E-state index contributed by atoms with van der Waals surface area (Å²) in [5.41, 5.74) is 7.12. The van der Waals surface area contributed by atoms with Gasteiger partial charge in [0.25, 0.3) is 5.91 Å². The highest BCUT2D eigenvalue weighted by molar-refractivity contribution is 7.14. The van der Waals surface area contributed by atoms with E-state index >= 15 is 0 Å². The minimum atomic E-state index is -0.331. The van der Waals surface area contributed by atoms with Crippen LogP contribution >= 0.6 is 11.3 Å². The number of aromatic nitrogens is 3. The summed E-state index contributed by atoms with van der Waals surface area (Å²) < 4.78 is 0. The number of thiazole rings is 1. The SMILES string of the molecule is CC(=O)Nc1nc(C(=O)Nc2ccc(-c3cccc(-c4nc5c(C)cccc5[nH]4)c3)cc2)cs1. The van der Waals surface area contributed by atoms with Crippen LogP contribution < -0.4 is 10.6 Å². The summed E-state index contributed by atoms with van der Waals surface area (Å²) in [6.07, 6.45) is 0. The van der Waals surface area contributed by atoms with Crippen molar-refractivity contribution in [1.82, 2.24) is 15.0 Å². The molecule has 0 saturated heterocycles. The molecule has 0 aliphatic rings. The molecule has 0 saturated carbocycles. The Bertz CT molecular complexity index is 1520. The lowest BCUT2D eigenvalue weighted by molar-refractivity contribution is -0.114. The van der Waals surface area contributed by atoms with E-state index in [4.69, 9.17) is 4.98 Å². The number of H-pyrrole nitrogens is 1. The molecule has 34 heavy (non-hydrogen) atoms. The number of rotatable bonds is 5. The molecule has 0 aliphatic carbocycles. The monoisotopic (exact) mass is 467 g/mol. The summed E-state index contributed by atoms with van der Waals surface area (Å²) in [4.78, 5) is 35.9. The number of hydrogen-bond donors (Lipinski definition) is 3.